The second-order valence-corrected chi connectivity index (χ2v) is 17.9. The summed E-state index contributed by atoms with van der Waals surface area (Å²) in [6.07, 6.45) is 1.19. The molecule has 0 unspecified atom stereocenters. The zero-order valence-corrected chi connectivity index (χ0v) is 37.4. The third kappa shape index (κ3) is 9.09. The number of anilines is 1. The molecule has 0 aliphatic carbocycles. The van der Waals surface area contributed by atoms with Gasteiger partial charge in [-0.1, -0.05) is 109 Å². The molecular weight excluding hydrogens is 911 g/mol. The maximum atomic E-state index is 13.6. The van der Waals surface area contributed by atoms with Crippen LogP contribution in [0.3, 0.4) is 0 Å². The number of carbonyl (C=O) groups is 3. The summed E-state index contributed by atoms with van der Waals surface area (Å²) in [5.74, 6) is -3.02. The molecule has 1 aliphatic rings. The molecule has 8 aromatic rings. The number of aromatic carboxylic acids is 2. The Morgan fingerprint density at radius 3 is 1.55 bits per heavy atom. The minimum atomic E-state index is -4.33. The smallest absolute Gasteiger partial charge is 0.543 e. The molecule has 65 heavy (non-hydrogen) atoms. The normalized spacial score (nSPS) is 13.6. The summed E-state index contributed by atoms with van der Waals surface area (Å²) >= 11 is 6.23. The molecule has 0 spiro atoms. The van der Waals surface area contributed by atoms with Crippen LogP contribution in [0.1, 0.15) is 33.8 Å². The molecule has 9 rings (SSSR count). The number of hydrogen-bond acceptors (Lipinski definition) is 13. The molecule has 4 aromatic carbocycles. The molecule has 17 nitrogen and oxygen atoms in total. The van der Waals surface area contributed by atoms with E-state index in [1.54, 1.807) is 83.8 Å². The average molecular weight is 945 g/mol. The molecule has 5 heterocycles. The summed E-state index contributed by atoms with van der Waals surface area (Å²) in [4.78, 5) is 55.2. The molecule has 326 valence electrons. The first kappa shape index (κ1) is 47.9. The first-order chi connectivity index (χ1) is 30.2. The minimum absolute atomic E-state index is 0. The Morgan fingerprint density at radius 2 is 1.09 bits per heavy atom. The minimum Gasteiger partial charge on any atom is -0.543 e. The Bertz CT molecular complexity index is 3310. The predicted molar refractivity (Wildman–Crippen MR) is 240 cm³/mol. The molecule has 0 radical (unpaired) electrons. The van der Waals surface area contributed by atoms with Gasteiger partial charge in [-0.05, 0) is 49.2 Å². The SMILES string of the molecule is NC(=O)[C@@H]1CCCN1c1nc(-c2ccccc2)nc2c1cc(C(=O)O)n2S(=O)(=O)c1ccccc1.O=C([O-])c1cc2c(Cl)nc(-c3ccccc3)nc2n1S(=O)(=O)c1ccccc1.S.[Li+]. The van der Waals surface area contributed by atoms with Crippen LogP contribution < -0.4 is 34.6 Å². The van der Waals surface area contributed by atoms with Crippen molar-refractivity contribution in [1.82, 2.24) is 27.9 Å². The van der Waals surface area contributed by atoms with Crippen molar-refractivity contribution in [1.29, 1.82) is 0 Å². The summed E-state index contributed by atoms with van der Waals surface area (Å²) in [6, 6.07) is 34.4. The van der Waals surface area contributed by atoms with E-state index in [9.17, 15) is 41.4 Å². The van der Waals surface area contributed by atoms with Crippen LogP contribution in [0, 0.1) is 0 Å². The monoisotopic (exact) mass is 944 g/mol. The van der Waals surface area contributed by atoms with E-state index in [0.717, 1.165) is 10.0 Å². The number of aromatic nitrogens is 6. The molecule has 3 N–H and O–H groups in total. The Hall–Kier alpha value is -6.53. The van der Waals surface area contributed by atoms with E-state index in [1.807, 2.05) is 6.07 Å². The molecule has 1 saturated heterocycles. The number of benzene rings is 4. The fourth-order valence-corrected chi connectivity index (χ4v) is 10.4. The number of carboxylic acids is 2. The molecule has 22 heteroatoms. The van der Waals surface area contributed by atoms with Crippen molar-refractivity contribution >= 4 is 90.9 Å². The third-order valence-corrected chi connectivity index (χ3v) is 13.8. The van der Waals surface area contributed by atoms with Gasteiger partial charge in [0, 0.05) is 17.7 Å². The Labute approximate surface area is 395 Å². The number of hydrogen-bond donors (Lipinski definition) is 2. The van der Waals surface area contributed by atoms with Gasteiger partial charge in [-0.3, -0.25) is 4.79 Å². The maximum absolute atomic E-state index is 13.6. The molecule has 1 atom stereocenters. The number of rotatable bonds is 10. The number of carbonyl (C=O) groups excluding carboxylic acids is 2. The summed E-state index contributed by atoms with van der Waals surface area (Å²) < 4.78 is 55.0. The van der Waals surface area contributed by atoms with Crippen LogP contribution in [-0.2, 0) is 24.8 Å². The van der Waals surface area contributed by atoms with Crippen LogP contribution in [0.4, 0.5) is 5.82 Å². The van der Waals surface area contributed by atoms with Gasteiger partial charge in [0.2, 0.25) is 5.91 Å². The van der Waals surface area contributed by atoms with Gasteiger partial charge in [0.15, 0.2) is 22.9 Å². The summed E-state index contributed by atoms with van der Waals surface area (Å²) in [5.41, 5.74) is 5.54. The Balaban J connectivity index is 0.000000214. The fraction of sp³-hybridized carbons (Fsp3) is 0.0930. The van der Waals surface area contributed by atoms with Crippen LogP contribution in [-0.4, -0.2) is 80.3 Å². The quantitative estimate of drug-likeness (QED) is 0.147. The van der Waals surface area contributed by atoms with E-state index in [1.165, 1.54) is 42.5 Å². The van der Waals surface area contributed by atoms with Crippen molar-refractivity contribution in [3.8, 4) is 22.8 Å². The molecule has 1 aliphatic heterocycles. The van der Waals surface area contributed by atoms with Crippen molar-refractivity contribution in [2.24, 2.45) is 5.73 Å². The van der Waals surface area contributed by atoms with Crippen LogP contribution in [0.5, 0.6) is 0 Å². The van der Waals surface area contributed by atoms with Gasteiger partial charge < -0.3 is 25.6 Å². The van der Waals surface area contributed by atoms with E-state index in [-0.39, 0.29) is 86.8 Å². The van der Waals surface area contributed by atoms with Gasteiger partial charge in [-0.15, -0.1) is 0 Å². The van der Waals surface area contributed by atoms with Gasteiger partial charge in [0.05, 0.1) is 32.2 Å². The topological polar surface area (TPSA) is 253 Å². The summed E-state index contributed by atoms with van der Waals surface area (Å²) in [6.45, 7) is 0.451. The van der Waals surface area contributed by atoms with Gasteiger partial charge in [0.25, 0.3) is 20.0 Å². The van der Waals surface area contributed by atoms with E-state index in [4.69, 9.17) is 17.3 Å². The Morgan fingerprint density at radius 1 is 0.662 bits per heavy atom. The van der Waals surface area contributed by atoms with E-state index in [2.05, 4.69) is 19.9 Å². The van der Waals surface area contributed by atoms with Crippen LogP contribution >= 0.6 is 25.1 Å². The number of nitrogens with zero attached hydrogens (tertiary/aromatic N) is 7. The van der Waals surface area contributed by atoms with Crippen molar-refractivity contribution < 1.29 is 60.3 Å². The summed E-state index contributed by atoms with van der Waals surface area (Å²) in [5, 5.41) is 21.8. The first-order valence-electron chi connectivity index (χ1n) is 18.9. The molecule has 0 saturated carbocycles. The molecule has 4 aromatic heterocycles. The number of carboxylic acid groups (broad SMARTS) is 2. The van der Waals surface area contributed by atoms with Crippen molar-refractivity contribution in [3.05, 3.63) is 150 Å². The fourth-order valence-electron chi connectivity index (χ4n) is 7.20. The number of fused-ring (bicyclic) bond motifs is 2. The maximum Gasteiger partial charge on any atom is 1.00 e. The van der Waals surface area contributed by atoms with E-state index >= 15 is 0 Å². The number of nitrogens with two attached hydrogens (primary N) is 1. The zero-order chi connectivity index (χ0) is 44.6. The van der Waals surface area contributed by atoms with Crippen molar-refractivity contribution in [2.75, 3.05) is 11.4 Å². The van der Waals surface area contributed by atoms with Gasteiger partial charge in [0.1, 0.15) is 22.7 Å². The first-order valence-corrected chi connectivity index (χ1v) is 22.2. The van der Waals surface area contributed by atoms with E-state index in [0.29, 0.717) is 34.5 Å². The van der Waals surface area contributed by atoms with Gasteiger partial charge >= 0.3 is 24.8 Å². The number of halogens is 1. The van der Waals surface area contributed by atoms with Crippen molar-refractivity contribution in [3.63, 3.8) is 0 Å². The zero-order valence-electron chi connectivity index (χ0n) is 34.0. The van der Waals surface area contributed by atoms with Crippen LogP contribution in [0.25, 0.3) is 44.8 Å². The number of amides is 1. The molecular formula is C43H34ClLiN8O9S3. The average Bonchev–Trinajstić information content (AvgIpc) is 4.05. The standard InChI is InChI=1S/C24H21N5O5S.C19H12ClN3O4S.Li.H2S/c25-20(30)18-12-7-13-28(18)22-17-14-19(24(31)32)29(35(33,34)16-10-5-2-6-11-16)23(17)27-21(26-22)15-8-3-1-4-9-15;20-16-14-11-15(19(24)25)23(28(26,27)13-9-5-2-6-10-13)18(14)22-17(21-16)12-7-3-1-4-8-12;;/h1-6,8-11,14,18H,7,12-13H2,(H2,25,30)(H,31,32);1-11H,(H,24,25);;1H2/q;;+1;/p-1/t18-;;;/m0.../s1. The van der Waals surface area contributed by atoms with Gasteiger partial charge in [-0.25, -0.2) is 49.5 Å². The van der Waals surface area contributed by atoms with E-state index < -0.39 is 55.3 Å². The van der Waals surface area contributed by atoms with Crippen molar-refractivity contribution in [2.45, 2.75) is 28.7 Å². The predicted octanol–water partition coefficient (Wildman–Crippen LogP) is 1.96. The third-order valence-electron chi connectivity index (χ3n) is 10.1. The molecule has 0 bridgehead atoms. The number of primary amides is 1. The second-order valence-electron chi connectivity index (χ2n) is 14.0. The largest absolute Gasteiger partial charge is 1.00 e. The van der Waals surface area contributed by atoms with Gasteiger partial charge in [-0.2, -0.15) is 13.5 Å². The van der Waals surface area contributed by atoms with Crippen LogP contribution in [0.15, 0.2) is 143 Å². The Kier molecular flexibility index (Phi) is 14.2. The second kappa shape index (κ2) is 19.3. The summed E-state index contributed by atoms with van der Waals surface area (Å²) in [7, 11) is -8.60. The molecule has 1 fully saturated rings. The molecule has 1 amide bonds. The van der Waals surface area contributed by atoms with Crippen LogP contribution in [0.2, 0.25) is 5.15 Å².